The van der Waals surface area contributed by atoms with E-state index in [9.17, 15) is 19.5 Å². The van der Waals surface area contributed by atoms with Crippen molar-refractivity contribution in [3.8, 4) is 5.75 Å². The highest BCUT2D eigenvalue weighted by atomic mass is 35.5. The number of ketones is 1. The van der Waals surface area contributed by atoms with Gasteiger partial charge in [0, 0.05) is 31.4 Å². The molecule has 1 aliphatic rings. The van der Waals surface area contributed by atoms with E-state index in [1.807, 2.05) is 62.3 Å². The normalized spacial score (nSPS) is 19.6. The Morgan fingerprint density at radius 3 is 2.28 bits per heavy atom. The van der Waals surface area contributed by atoms with Gasteiger partial charge in [-0.1, -0.05) is 48.0 Å². The Bertz CT molecular complexity index is 1650. The predicted molar refractivity (Wildman–Crippen MR) is 170 cm³/mol. The average molecular weight is 618 g/mol. The van der Waals surface area contributed by atoms with Gasteiger partial charge in [-0.25, -0.2) is 9.59 Å². The van der Waals surface area contributed by atoms with Gasteiger partial charge in [-0.05, 0) is 72.1 Å². The zero-order valence-corrected chi connectivity index (χ0v) is 25.7. The Morgan fingerprint density at radius 2 is 1.67 bits per heavy atom. The van der Waals surface area contributed by atoms with Gasteiger partial charge < -0.3 is 25.0 Å². The van der Waals surface area contributed by atoms with E-state index < -0.39 is 35.9 Å². The van der Waals surface area contributed by atoms with E-state index in [-0.39, 0.29) is 5.78 Å². The molecule has 10 heteroatoms. The number of hydrogen-bond donors (Lipinski definition) is 2. The van der Waals surface area contributed by atoms with Crippen LogP contribution in [0.25, 0.3) is 0 Å². The first kappa shape index (κ1) is 30.1. The van der Waals surface area contributed by atoms with E-state index in [0.29, 0.717) is 31.8 Å². The molecule has 8 nitrogen and oxygen atoms in total. The van der Waals surface area contributed by atoms with Crippen molar-refractivity contribution in [2.24, 2.45) is 5.92 Å². The van der Waals surface area contributed by atoms with E-state index in [0.717, 1.165) is 22.6 Å². The molecule has 4 aromatic rings. The number of methoxy groups -OCH3 is 1. The van der Waals surface area contributed by atoms with E-state index in [1.54, 1.807) is 48.5 Å². The third-order valence-electron chi connectivity index (χ3n) is 7.77. The molecule has 0 bridgehead atoms. The smallest absolute Gasteiger partial charge is 0.327 e. The number of nitrogens with zero attached hydrogens (tertiary/aromatic N) is 2. The molecule has 1 aliphatic heterocycles. The Balaban J connectivity index is 1.73. The fraction of sp³-hybridized carbons (Fsp3) is 0.242. The number of carbonyl (C=O) groups excluding carboxylic acids is 2. The van der Waals surface area contributed by atoms with Gasteiger partial charge in [-0.3, -0.25) is 4.79 Å². The van der Waals surface area contributed by atoms with Crippen molar-refractivity contribution in [2.45, 2.75) is 24.9 Å². The summed E-state index contributed by atoms with van der Waals surface area (Å²) in [6.07, 6.45) is 0. The lowest BCUT2D eigenvalue weighted by atomic mass is 9.77. The van der Waals surface area contributed by atoms with Crippen LogP contribution >= 0.6 is 22.9 Å². The number of benzene rings is 3. The molecule has 2 heterocycles. The van der Waals surface area contributed by atoms with Gasteiger partial charge in [0.15, 0.2) is 5.78 Å². The number of aliphatic carboxylic acids is 1. The van der Waals surface area contributed by atoms with Crippen molar-refractivity contribution in [1.29, 1.82) is 0 Å². The number of urea groups is 1. The zero-order valence-electron chi connectivity index (χ0n) is 24.2. The summed E-state index contributed by atoms with van der Waals surface area (Å²) in [6, 6.07) is 22.2. The highest BCUT2D eigenvalue weighted by Crippen LogP contribution is 2.52. The molecule has 5 rings (SSSR count). The zero-order chi connectivity index (χ0) is 30.8. The summed E-state index contributed by atoms with van der Waals surface area (Å²) >= 11 is 7.37. The first-order valence-electron chi connectivity index (χ1n) is 13.7. The van der Waals surface area contributed by atoms with Crippen molar-refractivity contribution >= 4 is 52.1 Å². The second-order valence-corrected chi connectivity index (χ2v) is 12.4. The Labute approximate surface area is 259 Å². The summed E-state index contributed by atoms with van der Waals surface area (Å²) in [5.74, 6) is -2.84. The van der Waals surface area contributed by atoms with E-state index in [1.165, 1.54) is 12.0 Å². The molecule has 2 N–H and O–H groups in total. The van der Waals surface area contributed by atoms with Gasteiger partial charge in [-0.2, -0.15) is 0 Å². The van der Waals surface area contributed by atoms with Crippen LogP contribution < -0.4 is 15.0 Å². The molecule has 0 spiro atoms. The molecule has 1 aromatic heterocycles. The van der Waals surface area contributed by atoms with Crippen molar-refractivity contribution in [2.75, 3.05) is 31.4 Å². The van der Waals surface area contributed by atoms with Gasteiger partial charge >= 0.3 is 12.0 Å². The number of carbonyl (C=O) groups is 3. The Kier molecular flexibility index (Phi) is 8.75. The van der Waals surface area contributed by atoms with Crippen LogP contribution in [0, 0.1) is 12.8 Å². The van der Waals surface area contributed by atoms with Crippen molar-refractivity contribution < 1.29 is 24.2 Å². The SMILES string of the molecule is COc1cccc(C2C(C(=O)c3ccc(Cl)s3)C(c3ccc(N(C)C)cc3)N(C(=O)Nc3cccc(C)c3)C2C(=O)O)c1. The molecule has 3 aromatic carbocycles. The number of hydrogen-bond acceptors (Lipinski definition) is 6. The average Bonchev–Trinajstić information content (AvgIpc) is 3.59. The first-order chi connectivity index (χ1) is 20.6. The van der Waals surface area contributed by atoms with E-state index >= 15 is 0 Å². The Morgan fingerprint density at radius 1 is 0.953 bits per heavy atom. The minimum Gasteiger partial charge on any atom is -0.497 e. The van der Waals surface area contributed by atoms with Crippen LogP contribution in [0.5, 0.6) is 5.75 Å². The van der Waals surface area contributed by atoms with Crippen molar-refractivity contribution in [3.05, 3.63) is 111 Å². The quantitative estimate of drug-likeness (QED) is 0.204. The summed E-state index contributed by atoms with van der Waals surface area (Å²) in [7, 11) is 5.35. The highest BCUT2D eigenvalue weighted by Gasteiger charge is 2.58. The molecule has 4 atom stereocenters. The number of thiophene rings is 1. The third-order valence-corrected chi connectivity index (χ3v) is 9.02. The number of aryl methyl sites for hydroxylation is 1. The standard InChI is InChI=1S/C33H32ClN3O5S/c1-19-7-5-9-22(17-19)35-33(41)37-29(20-11-13-23(14-12-20)36(2)3)28(31(38)25-15-16-26(34)43-25)27(30(37)32(39)40)21-8-6-10-24(18-21)42-4/h5-18,27-30H,1-4H3,(H,35,41)(H,39,40). The lowest BCUT2D eigenvalue weighted by molar-refractivity contribution is -0.142. The maximum absolute atomic E-state index is 14.5. The molecule has 0 saturated carbocycles. The van der Waals surface area contributed by atoms with Crippen molar-refractivity contribution in [3.63, 3.8) is 0 Å². The van der Waals surface area contributed by atoms with Gasteiger partial charge in [0.2, 0.25) is 0 Å². The molecule has 1 fully saturated rings. The van der Waals surface area contributed by atoms with Gasteiger partial charge in [0.1, 0.15) is 11.8 Å². The fourth-order valence-electron chi connectivity index (χ4n) is 5.84. The molecule has 2 amide bonds. The minimum absolute atomic E-state index is 0.288. The number of Topliss-reactive ketones (excluding diaryl/α,β-unsaturated/α-hetero) is 1. The van der Waals surface area contributed by atoms with Crippen molar-refractivity contribution in [1.82, 2.24) is 4.90 Å². The van der Waals surface area contributed by atoms with Crippen LogP contribution in [0.1, 0.15) is 38.3 Å². The molecular weight excluding hydrogens is 586 g/mol. The number of likely N-dealkylation sites (tertiary alicyclic amines) is 1. The first-order valence-corrected chi connectivity index (χ1v) is 14.9. The maximum Gasteiger partial charge on any atom is 0.327 e. The van der Waals surface area contributed by atoms with Crippen LogP contribution in [-0.4, -0.2) is 55.0 Å². The van der Waals surface area contributed by atoms with Crippen LogP contribution in [0.3, 0.4) is 0 Å². The van der Waals surface area contributed by atoms with Gasteiger partial charge in [0.25, 0.3) is 0 Å². The lowest BCUT2D eigenvalue weighted by Gasteiger charge is -2.30. The molecule has 4 unspecified atom stereocenters. The van der Waals surface area contributed by atoms with Gasteiger partial charge in [0.05, 0.1) is 28.3 Å². The fourth-order valence-corrected chi connectivity index (χ4v) is 6.87. The summed E-state index contributed by atoms with van der Waals surface area (Å²) in [5.41, 5.74) is 3.59. The monoisotopic (exact) mass is 617 g/mol. The minimum atomic E-state index is -1.38. The van der Waals surface area contributed by atoms with Gasteiger partial charge in [-0.15, -0.1) is 11.3 Å². The summed E-state index contributed by atoms with van der Waals surface area (Å²) in [6.45, 7) is 1.90. The highest BCUT2D eigenvalue weighted by molar-refractivity contribution is 7.18. The molecule has 0 radical (unpaired) electrons. The van der Waals surface area contributed by atoms with Crippen LogP contribution in [0.4, 0.5) is 16.2 Å². The summed E-state index contributed by atoms with van der Waals surface area (Å²) in [5, 5.41) is 13.7. The predicted octanol–water partition coefficient (Wildman–Crippen LogP) is 7.11. The largest absolute Gasteiger partial charge is 0.497 e. The number of ether oxygens (including phenoxy) is 1. The lowest BCUT2D eigenvalue weighted by Crippen LogP contribution is -2.45. The summed E-state index contributed by atoms with van der Waals surface area (Å²) in [4.78, 5) is 45.5. The molecule has 222 valence electrons. The van der Waals surface area contributed by atoms with Crippen LogP contribution in [0.15, 0.2) is 84.9 Å². The molecule has 0 aliphatic carbocycles. The molecule has 43 heavy (non-hydrogen) atoms. The number of carboxylic acid groups (broad SMARTS) is 1. The Hall–Kier alpha value is -4.34. The maximum atomic E-state index is 14.5. The van der Waals surface area contributed by atoms with Crippen LogP contribution in [-0.2, 0) is 4.79 Å². The van der Waals surface area contributed by atoms with E-state index in [2.05, 4.69) is 5.32 Å². The molecular formula is C33H32ClN3O5S. The number of rotatable bonds is 8. The summed E-state index contributed by atoms with van der Waals surface area (Å²) < 4.78 is 5.90. The topological polar surface area (TPSA) is 99.2 Å². The number of nitrogens with one attached hydrogen (secondary N) is 1. The third kappa shape index (κ3) is 6.09. The second-order valence-electron chi connectivity index (χ2n) is 10.7. The number of carboxylic acids is 1. The second kappa shape index (κ2) is 12.5. The van der Waals surface area contributed by atoms with E-state index in [4.69, 9.17) is 16.3 Å². The van der Waals surface area contributed by atoms with Crippen LogP contribution in [0.2, 0.25) is 4.34 Å². The number of halogens is 1. The number of anilines is 2. The number of amides is 2. The molecule has 1 saturated heterocycles.